The quantitative estimate of drug-likeness (QED) is 0.745. The Morgan fingerprint density at radius 2 is 2.06 bits per heavy atom. The molecule has 0 unspecified atom stereocenters. The summed E-state index contributed by atoms with van der Waals surface area (Å²) in [4.78, 5) is 3.48. The first kappa shape index (κ1) is 11.8. The van der Waals surface area contributed by atoms with E-state index in [0.717, 1.165) is 6.04 Å². The summed E-state index contributed by atoms with van der Waals surface area (Å²) in [6.07, 6.45) is 6.54. The van der Waals surface area contributed by atoms with Gasteiger partial charge in [0, 0.05) is 22.6 Å². The molecule has 1 saturated carbocycles. The van der Waals surface area contributed by atoms with Crippen molar-refractivity contribution in [3.8, 4) is 0 Å². The van der Waals surface area contributed by atoms with Crippen LogP contribution in [0.5, 0.6) is 0 Å². The molecule has 3 rings (SSSR count). The van der Waals surface area contributed by atoms with Gasteiger partial charge in [0.05, 0.1) is 0 Å². The van der Waals surface area contributed by atoms with Crippen molar-refractivity contribution in [2.24, 2.45) is 0 Å². The number of para-hydroxylation sites is 1. The minimum Gasteiger partial charge on any atom is -0.358 e. The second-order valence-corrected chi connectivity index (χ2v) is 5.46. The average molecular weight is 242 g/mol. The Kier molecular flexibility index (Phi) is 3.37. The number of nitrogens with one attached hydrogen (secondary N) is 2. The summed E-state index contributed by atoms with van der Waals surface area (Å²) < 4.78 is 0. The Balaban J connectivity index is 1.57. The summed E-state index contributed by atoms with van der Waals surface area (Å²) in [7, 11) is 0. The van der Waals surface area contributed by atoms with E-state index in [4.69, 9.17) is 0 Å². The molecule has 0 amide bonds. The molecule has 2 heteroatoms. The van der Waals surface area contributed by atoms with Gasteiger partial charge < -0.3 is 10.3 Å². The number of aromatic nitrogens is 1. The van der Waals surface area contributed by atoms with Crippen LogP contribution < -0.4 is 5.32 Å². The summed E-state index contributed by atoms with van der Waals surface area (Å²) in [6.45, 7) is 3.38. The van der Waals surface area contributed by atoms with Gasteiger partial charge in [-0.3, -0.25) is 0 Å². The number of H-pyrrole nitrogens is 1. The number of benzene rings is 1. The van der Waals surface area contributed by atoms with E-state index in [1.807, 2.05) is 0 Å². The molecule has 1 fully saturated rings. The minimum atomic E-state index is 0.847. The van der Waals surface area contributed by atoms with E-state index >= 15 is 0 Å². The molecule has 1 aromatic carbocycles. The lowest BCUT2D eigenvalue weighted by Gasteiger charge is -2.03. The SMILES string of the molecule is Cc1[nH]c2ccccc2c1CCCCNC1CC1. The molecular weight excluding hydrogens is 220 g/mol. The Bertz CT molecular complexity index is 523. The van der Waals surface area contributed by atoms with Crippen molar-refractivity contribution in [1.82, 2.24) is 10.3 Å². The van der Waals surface area contributed by atoms with E-state index in [1.165, 1.54) is 60.8 Å². The Morgan fingerprint density at radius 3 is 2.89 bits per heavy atom. The fraction of sp³-hybridized carbons (Fsp3) is 0.500. The van der Waals surface area contributed by atoms with Crippen molar-refractivity contribution in [1.29, 1.82) is 0 Å². The molecule has 1 aliphatic rings. The molecule has 18 heavy (non-hydrogen) atoms. The highest BCUT2D eigenvalue weighted by Crippen LogP contribution is 2.23. The fourth-order valence-corrected chi connectivity index (χ4v) is 2.68. The molecule has 2 aromatic rings. The van der Waals surface area contributed by atoms with Crippen molar-refractivity contribution in [2.45, 2.75) is 45.1 Å². The monoisotopic (exact) mass is 242 g/mol. The maximum absolute atomic E-state index is 3.58. The van der Waals surface area contributed by atoms with E-state index in [1.54, 1.807) is 0 Å². The molecular formula is C16H22N2. The van der Waals surface area contributed by atoms with Gasteiger partial charge in [-0.1, -0.05) is 18.2 Å². The lowest BCUT2D eigenvalue weighted by atomic mass is 10.0. The van der Waals surface area contributed by atoms with Crippen molar-refractivity contribution in [3.63, 3.8) is 0 Å². The first-order valence-corrected chi connectivity index (χ1v) is 7.14. The second kappa shape index (κ2) is 5.15. The third kappa shape index (κ3) is 2.59. The predicted molar refractivity (Wildman–Crippen MR) is 77.0 cm³/mol. The smallest absolute Gasteiger partial charge is 0.0458 e. The van der Waals surface area contributed by atoms with E-state index in [-0.39, 0.29) is 0 Å². The molecule has 1 heterocycles. The van der Waals surface area contributed by atoms with Gasteiger partial charge in [0.25, 0.3) is 0 Å². The first-order valence-electron chi connectivity index (χ1n) is 7.14. The van der Waals surface area contributed by atoms with Crippen LogP contribution in [0.15, 0.2) is 24.3 Å². The van der Waals surface area contributed by atoms with E-state index in [2.05, 4.69) is 41.5 Å². The lowest BCUT2D eigenvalue weighted by molar-refractivity contribution is 0.620. The number of fused-ring (bicyclic) bond motifs is 1. The highest BCUT2D eigenvalue weighted by atomic mass is 14.9. The molecule has 96 valence electrons. The van der Waals surface area contributed by atoms with Gasteiger partial charge in [-0.15, -0.1) is 0 Å². The zero-order valence-electron chi connectivity index (χ0n) is 11.1. The summed E-state index contributed by atoms with van der Waals surface area (Å²) in [5.74, 6) is 0. The molecule has 1 aliphatic carbocycles. The third-order valence-corrected chi connectivity index (χ3v) is 3.89. The van der Waals surface area contributed by atoms with Crippen molar-refractivity contribution in [2.75, 3.05) is 6.54 Å². The highest BCUT2D eigenvalue weighted by molar-refractivity contribution is 5.84. The van der Waals surface area contributed by atoms with Gasteiger partial charge in [0.1, 0.15) is 0 Å². The van der Waals surface area contributed by atoms with Crippen molar-refractivity contribution in [3.05, 3.63) is 35.5 Å². The molecule has 1 aromatic heterocycles. The number of aromatic amines is 1. The molecule has 0 saturated heterocycles. The summed E-state index contributed by atoms with van der Waals surface area (Å²) >= 11 is 0. The zero-order chi connectivity index (χ0) is 12.4. The molecule has 2 nitrogen and oxygen atoms in total. The van der Waals surface area contributed by atoms with Crippen LogP contribution in [0.3, 0.4) is 0 Å². The molecule has 0 aliphatic heterocycles. The Hall–Kier alpha value is -1.28. The summed E-state index contributed by atoms with van der Waals surface area (Å²) in [5.41, 5.74) is 4.13. The van der Waals surface area contributed by atoms with Gasteiger partial charge >= 0.3 is 0 Å². The van der Waals surface area contributed by atoms with Crippen LogP contribution in [-0.2, 0) is 6.42 Å². The van der Waals surface area contributed by atoms with Crippen LogP contribution in [0, 0.1) is 6.92 Å². The molecule has 0 atom stereocenters. The average Bonchev–Trinajstić information content (AvgIpc) is 3.13. The van der Waals surface area contributed by atoms with E-state index in [0.29, 0.717) is 0 Å². The Labute approximate surface area is 109 Å². The van der Waals surface area contributed by atoms with Gasteiger partial charge in [-0.2, -0.15) is 0 Å². The van der Waals surface area contributed by atoms with Crippen LogP contribution in [-0.4, -0.2) is 17.6 Å². The van der Waals surface area contributed by atoms with E-state index in [9.17, 15) is 0 Å². The van der Waals surface area contributed by atoms with Gasteiger partial charge in [0.15, 0.2) is 0 Å². The van der Waals surface area contributed by atoms with Gasteiger partial charge in [-0.25, -0.2) is 0 Å². The largest absolute Gasteiger partial charge is 0.358 e. The van der Waals surface area contributed by atoms with Gasteiger partial charge in [-0.05, 0) is 57.2 Å². The second-order valence-electron chi connectivity index (χ2n) is 5.46. The number of hydrogen-bond donors (Lipinski definition) is 2. The van der Waals surface area contributed by atoms with Crippen LogP contribution in [0.1, 0.15) is 36.9 Å². The maximum Gasteiger partial charge on any atom is 0.0458 e. The standard InChI is InChI=1S/C16H22N2/c1-12-14(6-4-5-11-17-13-9-10-13)15-7-2-3-8-16(15)18-12/h2-3,7-8,13,17-18H,4-6,9-11H2,1H3. The van der Waals surface area contributed by atoms with Crippen molar-refractivity contribution < 1.29 is 0 Å². The summed E-state index contributed by atoms with van der Waals surface area (Å²) in [6, 6.07) is 9.48. The number of rotatable bonds is 6. The fourth-order valence-electron chi connectivity index (χ4n) is 2.68. The summed E-state index contributed by atoms with van der Waals surface area (Å²) in [5, 5.41) is 4.99. The zero-order valence-corrected chi connectivity index (χ0v) is 11.1. The number of hydrogen-bond acceptors (Lipinski definition) is 1. The molecule has 0 radical (unpaired) electrons. The lowest BCUT2D eigenvalue weighted by Crippen LogP contribution is -2.17. The topological polar surface area (TPSA) is 27.8 Å². The first-order chi connectivity index (χ1) is 8.84. The maximum atomic E-state index is 3.58. The van der Waals surface area contributed by atoms with Crippen LogP contribution in [0.2, 0.25) is 0 Å². The van der Waals surface area contributed by atoms with Crippen molar-refractivity contribution >= 4 is 10.9 Å². The molecule has 0 spiro atoms. The van der Waals surface area contributed by atoms with Crippen LogP contribution in [0.25, 0.3) is 10.9 Å². The Morgan fingerprint density at radius 1 is 1.22 bits per heavy atom. The number of unbranched alkanes of at least 4 members (excludes halogenated alkanes) is 1. The number of aryl methyl sites for hydroxylation is 2. The van der Waals surface area contributed by atoms with Gasteiger partial charge in [0.2, 0.25) is 0 Å². The molecule has 0 bridgehead atoms. The van der Waals surface area contributed by atoms with E-state index < -0.39 is 0 Å². The van der Waals surface area contributed by atoms with Crippen LogP contribution in [0.4, 0.5) is 0 Å². The van der Waals surface area contributed by atoms with Crippen LogP contribution >= 0.6 is 0 Å². The predicted octanol–water partition coefficient (Wildman–Crippen LogP) is 3.55. The minimum absolute atomic E-state index is 0.847. The third-order valence-electron chi connectivity index (χ3n) is 3.89. The highest BCUT2D eigenvalue weighted by Gasteiger charge is 2.19. The normalized spacial score (nSPS) is 15.4. The molecule has 2 N–H and O–H groups in total.